The molecule has 2 nitrogen and oxygen atoms in total. The van der Waals surface area contributed by atoms with E-state index in [1.807, 2.05) is 6.20 Å². The summed E-state index contributed by atoms with van der Waals surface area (Å²) in [7, 11) is 0. The van der Waals surface area contributed by atoms with E-state index in [0.29, 0.717) is 0 Å². The van der Waals surface area contributed by atoms with Gasteiger partial charge in [0.05, 0.1) is 17.1 Å². The molecule has 4 aromatic carbocycles. The fourth-order valence-corrected chi connectivity index (χ4v) is 7.15. The Kier molecular flexibility index (Phi) is 3.27. The van der Waals surface area contributed by atoms with Gasteiger partial charge in [-0.15, -0.1) is 0 Å². The van der Waals surface area contributed by atoms with Gasteiger partial charge in [-0.1, -0.05) is 60.7 Å². The lowest BCUT2D eigenvalue weighted by atomic mass is 9.86. The van der Waals surface area contributed by atoms with Crippen molar-refractivity contribution in [3.63, 3.8) is 0 Å². The molecule has 1 aromatic heterocycles. The molecule has 35 heavy (non-hydrogen) atoms. The first-order valence-electron chi connectivity index (χ1n) is 12.6. The third-order valence-electron chi connectivity index (χ3n) is 8.66. The maximum Gasteiger partial charge on any atom is 0.0716 e. The Morgan fingerprint density at radius 3 is 2.09 bits per heavy atom. The largest absolute Gasteiger partial charge is 0.308 e. The number of hydrogen-bond acceptors (Lipinski definition) is 2. The second-order valence-electron chi connectivity index (χ2n) is 10.3. The summed E-state index contributed by atoms with van der Waals surface area (Å²) in [6, 6.07) is 29.5. The van der Waals surface area contributed by atoms with Crippen molar-refractivity contribution < 1.29 is 0 Å². The first-order valence-corrected chi connectivity index (χ1v) is 12.6. The van der Waals surface area contributed by atoms with Gasteiger partial charge in [0.1, 0.15) is 0 Å². The molecular weight excluding hydrogens is 424 g/mol. The minimum absolute atomic E-state index is 0.911. The van der Waals surface area contributed by atoms with Crippen molar-refractivity contribution in [1.29, 1.82) is 0 Å². The molecule has 0 N–H and O–H groups in total. The van der Waals surface area contributed by atoms with Crippen LogP contribution in [-0.4, -0.2) is 4.98 Å². The zero-order valence-corrected chi connectivity index (χ0v) is 19.3. The number of hydrogen-bond donors (Lipinski definition) is 0. The predicted octanol–water partition coefficient (Wildman–Crippen LogP) is 7.50. The van der Waals surface area contributed by atoms with E-state index in [9.17, 15) is 0 Å². The highest BCUT2D eigenvalue weighted by Gasteiger charge is 2.36. The van der Waals surface area contributed by atoms with Gasteiger partial charge in [0.25, 0.3) is 0 Å². The fourth-order valence-electron chi connectivity index (χ4n) is 7.15. The summed E-state index contributed by atoms with van der Waals surface area (Å²) in [5.41, 5.74) is 21.2. The predicted molar refractivity (Wildman–Crippen MR) is 141 cm³/mol. The molecule has 2 heteroatoms. The summed E-state index contributed by atoms with van der Waals surface area (Å²) in [4.78, 5) is 7.31. The summed E-state index contributed by atoms with van der Waals surface area (Å²) in [5.74, 6) is 0. The number of benzene rings is 4. The zero-order valence-electron chi connectivity index (χ0n) is 19.3. The molecule has 5 aromatic rings. The molecule has 0 bridgehead atoms. The molecule has 0 saturated carbocycles. The van der Waals surface area contributed by atoms with Gasteiger partial charge < -0.3 is 4.90 Å². The lowest BCUT2D eigenvalue weighted by Gasteiger charge is -2.39. The van der Waals surface area contributed by atoms with Crippen molar-refractivity contribution in [2.45, 2.75) is 25.7 Å². The Morgan fingerprint density at radius 2 is 1.17 bits per heavy atom. The molecule has 4 aliphatic rings. The van der Waals surface area contributed by atoms with E-state index in [-0.39, 0.29) is 0 Å². The van der Waals surface area contributed by atoms with E-state index in [1.54, 1.807) is 11.1 Å². The van der Waals surface area contributed by atoms with Crippen LogP contribution in [0.4, 0.5) is 17.1 Å². The van der Waals surface area contributed by atoms with Crippen LogP contribution in [0.3, 0.4) is 0 Å². The average molecular weight is 447 g/mol. The van der Waals surface area contributed by atoms with E-state index >= 15 is 0 Å². The van der Waals surface area contributed by atoms with Gasteiger partial charge in [-0.05, 0) is 92.2 Å². The van der Waals surface area contributed by atoms with Crippen LogP contribution in [0.5, 0.6) is 0 Å². The van der Waals surface area contributed by atoms with Crippen LogP contribution in [0, 0.1) is 0 Å². The zero-order chi connectivity index (χ0) is 22.7. The van der Waals surface area contributed by atoms with Gasteiger partial charge in [-0.25, -0.2) is 0 Å². The Balaban J connectivity index is 1.25. The molecule has 2 aliphatic carbocycles. The normalized spacial score (nSPS) is 14.9. The number of nitrogens with zero attached hydrogens (tertiary/aromatic N) is 2. The molecule has 3 heterocycles. The smallest absolute Gasteiger partial charge is 0.0716 e. The highest BCUT2D eigenvalue weighted by atomic mass is 15.2. The molecule has 0 amide bonds. The first-order chi connectivity index (χ1) is 17.3. The Morgan fingerprint density at radius 1 is 0.486 bits per heavy atom. The van der Waals surface area contributed by atoms with Crippen LogP contribution in [0.2, 0.25) is 0 Å². The molecule has 0 saturated heterocycles. The van der Waals surface area contributed by atoms with Crippen molar-refractivity contribution in [2.75, 3.05) is 4.90 Å². The quantitative estimate of drug-likeness (QED) is 0.240. The third-order valence-corrected chi connectivity index (χ3v) is 8.66. The van der Waals surface area contributed by atoms with E-state index in [2.05, 4.69) is 83.8 Å². The number of aromatic nitrogens is 1. The molecule has 0 atom stereocenters. The molecule has 9 rings (SSSR count). The van der Waals surface area contributed by atoms with Crippen LogP contribution < -0.4 is 4.90 Å². The molecule has 2 aliphatic heterocycles. The second-order valence-corrected chi connectivity index (χ2v) is 10.3. The van der Waals surface area contributed by atoms with Crippen molar-refractivity contribution in [3.8, 4) is 22.3 Å². The van der Waals surface area contributed by atoms with Gasteiger partial charge >= 0.3 is 0 Å². The number of anilines is 3. The van der Waals surface area contributed by atoms with E-state index in [1.165, 1.54) is 72.8 Å². The van der Waals surface area contributed by atoms with Crippen LogP contribution in [-0.2, 0) is 25.7 Å². The van der Waals surface area contributed by atoms with Crippen LogP contribution in [0.1, 0.15) is 44.6 Å². The minimum Gasteiger partial charge on any atom is -0.308 e. The summed E-state index contributed by atoms with van der Waals surface area (Å²) in [6.45, 7) is 0. The minimum atomic E-state index is 0.911. The summed E-state index contributed by atoms with van der Waals surface area (Å²) in [6.07, 6.45) is 6.00. The highest BCUT2D eigenvalue weighted by molar-refractivity contribution is 5.93. The molecule has 0 spiro atoms. The maximum absolute atomic E-state index is 4.81. The Bertz CT molecular complexity index is 1760. The number of pyridine rings is 1. The van der Waals surface area contributed by atoms with E-state index < -0.39 is 0 Å². The second kappa shape index (κ2) is 6.28. The summed E-state index contributed by atoms with van der Waals surface area (Å²) >= 11 is 0. The Labute approximate surface area is 204 Å². The standard InChI is InChI=1S/C33H22N2/c1-3-7-22-19(5-1)15-26-23(22)9-10-24-25-11-12-32-29(28(25)18-27(24)26)16-21-13-14-34-30-17-20-6-2-4-8-31(20)35(32)33(21)30/h1-14H,15-18H2. The lowest BCUT2D eigenvalue weighted by Crippen LogP contribution is -2.26. The number of para-hydroxylation sites is 1. The van der Waals surface area contributed by atoms with Crippen molar-refractivity contribution >= 4 is 17.1 Å². The Hall–Kier alpha value is -4.17. The third kappa shape index (κ3) is 2.23. The van der Waals surface area contributed by atoms with Crippen LogP contribution >= 0.6 is 0 Å². The number of rotatable bonds is 0. The van der Waals surface area contributed by atoms with Gasteiger partial charge in [0.2, 0.25) is 0 Å². The van der Waals surface area contributed by atoms with Crippen LogP contribution in [0.25, 0.3) is 22.3 Å². The van der Waals surface area contributed by atoms with E-state index in [0.717, 1.165) is 25.7 Å². The van der Waals surface area contributed by atoms with Crippen molar-refractivity contribution in [1.82, 2.24) is 4.98 Å². The van der Waals surface area contributed by atoms with Crippen molar-refractivity contribution in [2.24, 2.45) is 0 Å². The van der Waals surface area contributed by atoms with Gasteiger partial charge in [-0.3, -0.25) is 4.98 Å². The molecule has 0 unspecified atom stereocenters. The SMILES string of the molecule is c1ccc2c(c1)Cc1c-2ccc2c1Cc1c-2ccc2c1Cc1ccnc3c1N2c1ccccc1C3. The maximum atomic E-state index is 4.81. The monoisotopic (exact) mass is 446 g/mol. The highest BCUT2D eigenvalue weighted by Crippen LogP contribution is 2.54. The van der Waals surface area contributed by atoms with Gasteiger partial charge in [-0.2, -0.15) is 0 Å². The van der Waals surface area contributed by atoms with Gasteiger partial charge in [0, 0.05) is 24.7 Å². The molecule has 0 fully saturated rings. The molecular formula is C33H22N2. The van der Waals surface area contributed by atoms with Crippen LogP contribution in [0.15, 0.2) is 85.1 Å². The summed E-state index contributed by atoms with van der Waals surface area (Å²) in [5, 5.41) is 0. The number of fused-ring (bicyclic) bond motifs is 12. The molecule has 0 radical (unpaired) electrons. The molecule has 164 valence electrons. The fraction of sp³-hybridized carbons (Fsp3) is 0.121. The average Bonchev–Trinajstić information content (AvgIpc) is 3.47. The van der Waals surface area contributed by atoms with E-state index in [4.69, 9.17) is 4.98 Å². The topological polar surface area (TPSA) is 16.1 Å². The van der Waals surface area contributed by atoms with Crippen molar-refractivity contribution in [3.05, 3.63) is 130 Å². The lowest BCUT2D eigenvalue weighted by molar-refractivity contribution is 0.952. The summed E-state index contributed by atoms with van der Waals surface area (Å²) < 4.78 is 0. The first kappa shape index (κ1) is 18.2. The van der Waals surface area contributed by atoms with Gasteiger partial charge in [0.15, 0.2) is 0 Å².